The largest absolute Gasteiger partial charge is 0.352 e. The summed E-state index contributed by atoms with van der Waals surface area (Å²) in [7, 11) is 4.04. The Bertz CT molecular complexity index is 824. The average molecular weight is 430 g/mol. The molecule has 3 rings (SSSR count). The Kier molecular flexibility index (Phi) is 8.04. The summed E-state index contributed by atoms with van der Waals surface area (Å²) in [6.45, 7) is 12.0. The number of aliphatic imine (C=N–C) groups is 1. The molecule has 0 bridgehead atoms. The van der Waals surface area contributed by atoms with Gasteiger partial charge in [-0.15, -0.1) is 0 Å². The molecular weight excluding hydrogens is 394 g/mol. The highest BCUT2D eigenvalue weighted by Crippen LogP contribution is 2.19. The number of rotatable bonds is 7. The fourth-order valence-electron chi connectivity index (χ4n) is 3.47. The van der Waals surface area contributed by atoms with Gasteiger partial charge in [0.2, 0.25) is 5.13 Å². The third-order valence-corrected chi connectivity index (χ3v) is 6.51. The topological polar surface area (TPSA) is 59.9 Å². The summed E-state index contributed by atoms with van der Waals surface area (Å²) in [5, 5.41) is 4.62. The molecule has 0 atom stereocenters. The molecule has 2 aromatic rings. The summed E-state index contributed by atoms with van der Waals surface area (Å²) >= 11 is 1.51. The third-order valence-electron chi connectivity index (χ3n) is 5.69. The van der Waals surface area contributed by atoms with E-state index in [0.29, 0.717) is 6.04 Å². The first-order chi connectivity index (χ1) is 14.5. The SMILES string of the molecule is CCc1nsc(N2CCN(C(=NC)NCc3ccccc3CN(C)C(C)C)CC2)n1. The summed E-state index contributed by atoms with van der Waals surface area (Å²) in [6, 6.07) is 9.20. The van der Waals surface area contributed by atoms with Gasteiger partial charge in [0.1, 0.15) is 5.82 Å². The van der Waals surface area contributed by atoms with Gasteiger partial charge in [0.25, 0.3) is 0 Å². The molecule has 0 radical (unpaired) electrons. The van der Waals surface area contributed by atoms with Crippen LogP contribution in [0.15, 0.2) is 29.3 Å². The maximum atomic E-state index is 4.63. The average Bonchev–Trinajstić information content (AvgIpc) is 3.25. The number of anilines is 1. The molecule has 1 saturated heterocycles. The van der Waals surface area contributed by atoms with E-state index in [-0.39, 0.29) is 0 Å². The van der Waals surface area contributed by atoms with Crippen LogP contribution in [0.25, 0.3) is 0 Å². The zero-order valence-electron chi connectivity index (χ0n) is 18.9. The molecule has 30 heavy (non-hydrogen) atoms. The van der Waals surface area contributed by atoms with E-state index in [1.807, 2.05) is 7.05 Å². The molecular formula is C22H35N7S. The minimum atomic E-state index is 0.525. The van der Waals surface area contributed by atoms with Crippen LogP contribution in [-0.2, 0) is 19.5 Å². The second-order valence-corrected chi connectivity index (χ2v) is 8.73. The van der Waals surface area contributed by atoms with Crippen LogP contribution in [0.2, 0.25) is 0 Å². The fourth-order valence-corrected chi connectivity index (χ4v) is 4.27. The first-order valence-electron chi connectivity index (χ1n) is 10.8. The third kappa shape index (κ3) is 5.70. The van der Waals surface area contributed by atoms with Gasteiger partial charge in [-0.05, 0) is 32.0 Å². The lowest BCUT2D eigenvalue weighted by molar-refractivity contribution is 0.265. The highest BCUT2D eigenvalue weighted by atomic mass is 32.1. The van der Waals surface area contributed by atoms with Crippen molar-refractivity contribution < 1.29 is 0 Å². The monoisotopic (exact) mass is 429 g/mol. The maximum absolute atomic E-state index is 4.63. The molecule has 0 unspecified atom stereocenters. The molecule has 1 N–H and O–H groups in total. The second kappa shape index (κ2) is 10.7. The lowest BCUT2D eigenvalue weighted by atomic mass is 10.1. The predicted molar refractivity (Wildman–Crippen MR) is 126 cm³/mol. The molecule has 1 aromatic carbocycles. The van der Waals surface area contributed by atoms with Crippen molar-refractivity contribution in [3.05, 3.63) is 41.2 Å². The molecule has 0 spiro atoms. The van der Waals surface area contributed by atoms with E-state index in [2.05, 4.69) is 86.5 Å². The minimum absolute atomic E-state index is 0.525. The summed E-state index contributed by atoms with van der Waals surface area (Å²) in [4.78, 5) is 16.2. The van der Waals surface area contributed by atoms with Gasteiger partial charge in [0.05, 0.1) is 0 Å². The van der Waals surface area contributed by atoms with Crippen LogP contribution in [0, 0.1) is 0 Å². The normalized spacial score (nSPS) is 15.4. The van der Waals surface area contributed by atoms with E-state index in [9.17, 15) is 0 Å². The summed E-state index contributed by atoms with van der Waals surface area (Å²) < 4.78 is 4.42. The molecule has 8 heteroatoms. The Morgan fingerprint density at radius 2 is 1.90 bits per heavy atom. The molecule has 1 fully saturated rings. The van der Waals surface area contributed by atoms with Crippen LogP contribution in [0.5, 0.6) is 0 Å². The lowest BCUT2D eigenvalue weighted by Crippen LogP contribution is -2.52. The number of guanidine groups is 1. The molecule has 1 aliphatic rings. The van der Waals surface area contributed by atoms with E-state index in [4.69, 9.17) is 0 Å². The van der Waals surface area contributed by atoms with Crippen molar-refractivity contribution in [2.45, 2.75) is 46.3 Å². The van der Waals surface area contributed by atoms with Gasteiger partial charge in [0.15, 0.2) is 5.96 Å². The Labute approximate surface area is 185 Å². The van der Waals surface area contributed by atoms with Crippen LogP contribution >= 0.6 is 11.5 Å². The smallest absolute Gasteiger partial charge is 0.205 e. The molecule has 1 aliphatic heterocycles. The molecule has 164 valence electrons. The second-order valence-electron chi connectivity index (χ2n) is 8.00. The van der Waals surface area contributed by atoms with Gasteiger partial charge in [-0.25, -0.2) is 4.98 Å². The summed E-state index contributed by atoms with van der Waals surface area (Å²) in [6.07, 6.45) is 0.890. The van der Waals surface area contributed by atoms with E-state index < -0.39 is 0 Å². The van der Waals surface area contributed by atoms with Crippen molar-refractivity contribution >= 4 is 22.6 Å². The van der Waals surface area contributed by atoms with Gasteiger partial charge >= 0.3 is 0 Å². The molecule has 7 nitrogen and oxygen atoms in total. The number of nitrogens with one attached hydrogen (secondary N) is 1. The van der Waals surface area contributed by atoms with Crippen LogP contribution < -0.4 is 10.2 Å². The van der Waals surface area contributed by atoms with Crippen LogP contribution in [0.4, 0.5) is 5.13 Å². The number of hydrogen-bond donors (Lipinski definition) is 1. The van der Waals surface area contributed by atoms with Gasteiger partial charge < -0.3 is 15.1 Å². The standard InChI is InChI=1S/C22H35N7S/c1-6-20-25-22(30-26-20)29-13-11-28(12-14-29)21(23-4)24-15-18-9-7-8-10-19(18)16-27(5)17(2)3/h7-10,17H,6,11-16H2,1-5H3,(H,23,24). The highest BCUT2D eigenvalue weighted by Gasteiger charge is 2.22. The Morgan fingerprint density at radius 3 is 2.50 bits per heavy atom. The molecule has 2 heterocycles. The number of benzene rings is 1. The van der Waals surface area contributed by atoms with Gasteiger partial charge in [-0.2, -0.15) is 4.37 Å². The van der Waals surface area contributed by atoms with E-state index in [1.54, 1.807) is 0 Å². The van der Waals surface area contributed by atoms with Crippen molar-refractivity contribution in [3.8, 4) is 0 Å². The highest BCUT2D eigenvalue weighted by molar-refractivity contribution is 7.09. The summed E-state index contributed by atoms with van der Waals surface area (Å²) in [5.74, 6) is 1.91. The predicted octanol–water partition coefficient (Wildman–Crippen LogP) is 2.84. The van der Waals surface area contributed by atoms with Crippen molar-refractivity contribution in [3.63, 3.8) is 0 Å². The van der Waals surface area contributed by atoms with Crippen LogP contribution in [0.3, 0.4) is 0 Å². The minimum Gasteiger partial charge on any atom is -0.352 e. The number of aryl methyl sites for hydroxylation is 1. The quantitative estimate of drug-likeness (QED) is 0.540. The Balaban J connectivity index is 1.56. The maximum Gasteiger partial charge on any atom is 0.205 e. The molecule has 0 saturated carbocycles. The zero-order valence-corrected chi connectivity index (χ0v) is 19.7. The Morgan fingerprint density at radius 1 is 1.20 bits per heavy atom. The van der Waals surface area contributed by atoms with Crippen molar-refractivity contribution in [2.24, 2.45) is 4.99 Å². The molecule has 0 amide bonds. The van der Waals surface area contributed by atoms with Gasteiger partial charge in [-0.1, -0.05) is 31.2 Å². The summed E-state index contributed by atoms with van der Waals surface area (Å²) in [5.41, 5.74) is 2.69. The van der Waals surface area contributed by atoms with Crippen LogP contribution in [0.1, 0.15) is 37.7 Å². The van der Waals surface area contributed by atoms with E-state index >= 15 is 0 Å². The van der Waals surface area contributed by atoms with Crippen molar-refractivity contribution in [1.82, 2.24) is 24.5 Å². The lowest BCUT2D eigenvalue weighted by Gasteiger charge is -2.36. The number of nitrogens with zero attached hydrogens (tertiary/aromatic N) is 6. The molecule has 0 aliphatic carbocycles. The number of piperazine rings is 1. The van der Waals surface area contributed by atoms with Crippen molar-refractivity contribution in [2.75, 3.05) is 45.2 Å². The van der Waals surface area contributed by atoms with Gasteiger partial charge in [0, 0.05) is 70.3 Å². The van der Waals surface area contributed by atoms with E-state index in [0.717, 1.165) is 62.6 Å². The fraction of sp³-hybridized carbons (Fsp3) is 0.591. The molecule has 1 aromatic heterocycles. The number of hydrogen-bond acceptors (Lipinski definition) is 6. The zero-order chi connectivity index (χ0) is 21.5. The first-order valence-corrected chi connectivity index (χ1v) is 11.6. The van der Waals surface area contributed by atoms with E-state index in [1.165, 1.54) is 22.7 Å². The Hall–Kier alpha value is -2.19. The van der Waals surface area contributed by atoms with Gasteiger partial charge in [-0.3, -0.25) is 9.89 Å². The van der Waals surface area contributed by atoms with Crippen molar-refractivity contribution in [1.29, 1.82) is 0 Å². The first kappa shape index (κ1) is 22.5. The van der Waals surface area contributed by atoms with Crippen LogP contribution in [-0.4, -0.2) is 71.4 Å². The number of aromatic nitrogens is 2.